The van der Waals surface area contributed by atoms with E-state index in [1.165, 1.54) is 5.56 Å². The first-order valence-electron chi connectivity index (χ1n) is 23.1. The Labute approximate surface area is 400 Å². The van der Waals surface area contributed by atoms with Crippen molar-refractivity contribution in [2.24, 2.45) is 0 Å². The number of aliphatic carboxylic acids is 1. The molecule has 0 atom stereocenters. The molecule has 8 rings (SSSR count). The summed E-state index contributed by atoms with van der Waals surface area (Å²) in [7, 11) is 1.66. The summed E-state index contributed by atoms with van der Waals surface area (Å²) in [6.07, 6.45) is 5.75. The molecule has 0 radical (unpaired) electrons. The molecule has 10 heteroatoms. The van der Waals surface area contributed by atoms with Gasteiger partial charge in [-0.25, -0.2) is 9.97 Å². The highest BCUT2D eigenvalue weighted by Gasteiger charge is 2.24. The standard InChI is InChI=1S/C40H38N4O2.C15H22O2.C3H6O2/c1-39(2,3)25-19-27(31-9-7-17-41-31)37(45)29(21-25)33-15-13-23-11-12-24-14-16-34(44-36(24)35(23)43-33)30-22-26(40(4,5)6)20-28(38(30)46)32-10-8-18-42-32;1-6-11-7-13(15(2,3)4)8-12(10-17-5)14(11)9-16;1-2-3(4)5/h7-22,41-42,45-46H,1-6H3;7-9H,6,10H2,1-5H3;2H2,1H3,(H,4,5). The summed E-state index contributed by atoms with van der Waals surface area (Å²) in [4.78, 5) is 37.3. The quantitative estimate of drug-likeness (QED) is 0.0706. The molecule has 5 N–H and O–H groups in total. The zero-order valence-corrected chi connectivity index (χ0v) is 41.6. The van der Waals surface area contributed by atoms with Gasteiger partial charge in [-0.2, -0.15) is 0 Å². The van der Waals surface area contributed by atoms with Crippen LogP contribution in [0, 0.1) is 0 Å². The Morgan fingerprint density at radius 1 is 0.603 bits per heavy atom. The summed E-state index contributed by atoms with van der Waals surface area (Å²) >= 11 is 0. The van der Waals surface area contributed by atoms with Crippen LogP contribution in [0.1, 0.15) is 121 Å². The van der Waals surface area contributed by atoms with Crippen LogP contribution < -0.4 is 0 Å². The number of hydrogen-bond donors (Lipinski definition) is 5. The van der Waals surface area contributed by atoms with E-state index in [0.29, 0.717) is 29.1 Å². The second-order valence-electron chi connectivity index (χ2n) is 20.2. The monoisotopic (exact) mass is 914 g/mol. The number of carbonyl (C=O) groups is 2. The van der Waals surface area contributed by atoms with E-state index in [4.69, 9.17) is 19.8 Å². The molecule has 0 saturated heterocycles. The van der Waals surface area contributed by atoms with E-state index >= 15 is 0 Å². The van der Waals surface area contributed by atoms with Gasteiger partial charge < -0.3 is 30.0 Å². The van der Waals surface area contributed by atoms with Crippen LogP contribution in [-0.2, 0) is 38.8 Å². The molecular weight excluding hydrogens is 849 g/mol. The first kappa shape index (κ1) is 50.4. The number of phenolic OH excluding ortho intramolecular Hbond substituents is 2. The van der Waals surface area contributed by atoms with E-state index in [9.17, 15) is 19.8 Å². The van der Waals surface area contributed by atoms with Crippen LogP contribution in [0.5, 0.6) is 11.5 Å². The Balaban J connectivity index is 0.000000288. The normalized spacial score (nSPS) is 11.8. The fraction of sp³-hybridized carbons (Fsp3) is 0.310. The second kappa shape index (κ2) is 20.4. The van der Waals surface area contributed by atoms with Crippen LogP contribution in [-0.4, -0.2) is 54.6 Å². The Morgan fingerprint density at radius 2 is 0.985 bits per heavy atom. The van der Waals surface area contributed by atoms with Crippen molar-refractivity contribution >= 4 is 34.1 Å². The average molecular weight is 915 g/mol. The molecular formula is C58H66N4O6. The fourth-order valence-electron chi connectivity index (χ4n) is 7.93. The lowest BCUT2D eigenvalue weighted by Crippen LogP contribution is -2.14. The van der Waals surface area contributed by atoms with Crippen LogP contribution in [0.25, 0.3) is 66.8 Å². The highest BCUT2D eigenvalue weighted by molar-refractivity contribution is 6.04. The third-order valence-corrected chi connectivity index (χ3v) is 12.1. The number of rotatable bonds is 9. The molecule has 68 heavy (non-hydrogen) atoms. The van der Waals surface area contributed by atoms with Gasteiger partial charge in [0.1, 0.15) is 11.5 Å². The number of phenols is 2. The van der Waals surface area contributed by atoms with Gasteiger partial charge in [0.05, 0.1) is 29.0 Å². The number of benzene rings is 4. The third kappa shape index (κ3) is 11.2. The van der Waals surface area contributed by atoms with Gasteiger partial charge in [0, 0.05) is 75.9 Å². The van der Waals surface area contributed by atoms with Crippen molar-refractivity contribution in [1.82, 2.24) is 19.9 Å². The number of nitrogens with zero attached hydrogens (tertiary/aromatic N) is 2. The lowest BCUT2D eigenvalue weighted by Gasteiger charge is -2.22. The van der Waals surface area contributed by atoms with Crippen molar-refractivity contribution in [3.8, 4) is 56.5 Å². The maximum absolute atomic E-state index is 11.6. The third-order valence-electron chi connectivity index (χ3n) is 12.1. The number of aromatic amines is 2. The predicted molar refractivity (Wildman–Crippen MR) is 277 cm³/mol. The number of carboxylic acid groups (broad SMARTS) is 1. The van der Waals surface area contributed by atoms with E-state index in [-0.39, 0.29) is 34.2 Å². The number of hydrogen-bond acceptors (Lipinski definition) is 7. The summed E-state index contributed by atoms with van der Waals surface area (Å²) < 4.78 is 5.18. The maximum atomic E-state index is 11.6. The number of aromatic hydroxyl groups is 2. The summed E-state index contributed by atoms with van der Waals surface area (Å²) in [5.74, 6) is -0.390. The van der Waals surface area contributed by atoms with E-state index in [0.717, 1.165) is 84.8 Å². The molecule has 0 spiro atoms. The first-order chi connectivity index (χ1) is 32.1. The number of methoxy groups -OCH3 is 1. The zero-order chi connectivity index (χ0) is 49.7. The summed E-state index contributed by atoms with van der Waals surface area (Å²) in [5.41, 5.74) is 13.4. The predicted octanol–water partition coefficient (Wildman–Crippen LogP) is 14.1. The minimum atomic E-state index is -0.745. The number of fused-ring (bicyclic) bond motifs is 3. The molecule has 4 heterocycles. The number of carbonyl (C=O) groups excluding carboxylic acids is 1. The van der Waals surface area contributed by atoms with E-state index in [2.05, 4.69) is 103 Å². The number of aldehydes is 1. The van der Waals surface area contributed by atoms with Gasteiger partial charge in [-0.05, 0) is 111 Å². The van der Waals surface area contributed by atoms with Gasteiger partial charge in [-0.1, -0.05) is 113 Å². The first-order valence-corrected chi connectivity index (χ1v) is 23.1. The smallest absolute Gasteiger partial charge is 0.303 e. The number of H-pyrrole nitrogens is 2. The summed E-state index contributed by atoms with van der Waals surface area (Å²) in [6, 6.07) is 32.3. The fourth-order valence-corrected chi connectivity index (χ4v) is 7.93. The lowest BCUT2D eigenvalue weighted by molar-refractivity contribution is -0.136. The van der Waals surface area contributed by atoms with Crippen LogP contribution >= 0.6 is 0 Å². The van der Waals surface area contributed by atoms with E-state index in [1.54, 1.807) is 14.0 Å². The molecule has 4 aromatic carbocycles. The van der Waals surface area contributed by atoms with E-state index < -0.39 is 5.97 Å². The largest absolute Gasteiger partial charge is 0.507 e. The Bertz CT molecular complexity index is 2900. The Morgan fingerprint density at radius 3 is 1.32 bits per heavy atom. The highest BCUT2D eigenvalue weighted by atomic mass is 16.5. The molecule has 8 aromatic rings. The van der Waals surface area contributed by atoms with Crippen LogP contribution in [0.15, 0.2) is 109 Å². The number of pyridine rings is 2. The number of nitrogens with one attached hydrogen (secondary N) is 2. The lowest BCUT2D eigenvalue weighted by atomic mass is 9.83. The molecule has 0 fully saturated rings. The van der Waals surface area contributed by atoms with E-state index in [1.807, 2.05) is 85.2 Å². The molecule has 10 nitrogen and oxygen atoms in total. The SMILES string of the molecule is CC(C)(C)c1cc(-c2ccc3ccc4ccc(-c5cc(C(C)(C)C)cc(-c6ccc[nH]6)c5O)nc4c3n2)c(O)c(-c2ccc[nH]2)c1.CCC(=O)O.CCc1cc(C(C)(C)C)cc(COC)c1C=O. The number of aryl methyl sites for hydroxylation is 1. The zero-order valence-electron chi connectivity index (χ0n) is 41.6. The minimum absolute atomic E-state index is 0.0911. The Kier molecular flexibility index (Phi) is 15.1. The molecule has 0 amide bonds. The summed E-state index contributed by atoms with van der Waals surface area (Å²) in [6.45, 7) is 23.7. The van der Waals surface area contributed by atoms with Crippen molar-refractivity contribution in [3.05, 3.63) is 143 Å². The van der Waals surface area contributed by atoms with Gasteiger partial charge in [-0.15, -0.1) is 0 Å². The van der Waals surface area contributed by atoms with Crippen LogP contribution in [0.4, 0.5) is 0 Å². The van der Waals surface area contributed by atoms with Gasteiger partial charge in [0.25, 0.3) is 0 Å². The number of aromatic nitrogens is 4. The molecule has 354 valence electrons. The molecule has 0 saturated carbocycles. The van der Waals surface area contributed by atoms with Crippen molar-refractivity contribution in [3.63, 3.8) is 0 Å². The molecule has 0 aliphatic rings. The number of carboxylic acids is 1. The topological polar surface area (TPSA) is 161 Å². The van der Waals surface area contributed by atoms with Crippen LogP contribution in [0.3, 0.4) is 0 Å². The van der Waals surface area contributed by atoms with Gasteiger partial charge in [-0.3, -0.25) is 9.59 Å². The number of ether oxygens (including phenoxy) is 1. The van der Waals surface area contributed by atoms with Gasteiger partial charge >= 0.3 is 5.97 Å². The minimum Gasteiger partial charge on any atom is -0.507 e. The summed E-state index contributed by atoms with van der Waals surface area (Å²) in [5, 5.41) is 32.8. The van der Waals surface area contributed by atoms with Gasteiger partial charge in [0.2, 0.25) is 0 Å². The molecule has 0 unspecified atom stereocenters. The molecule has 0 bridgehead atoms. The highest BCUT2D eigenvalue weighted by Crippen LogP contribution is 2.44. The maximum Gasteiger partial charge on any atom is 0.303 e. The Hall–Kier alpha value is -7.04. The van der Waals surface area contributed by atoms with Crippen molar-refractivity contribution in [1.29, 1.82) is 0 Å². The molecule has 4 aromatic heterocycles. The van der Waals surface area contributed by atoms with Gasteiger partial charge in [0.15, 0.2) is 6.29 Å². The van der Waals surface area contributed by atoms with Crippen molar-refractivity contribution in [2.45, 2.75) is 112 Å². The van der Waals surface area contributed by atoms with Crippen LogP contribution in [0.2, 0.25) is 0 Å². The van der Waals surface area contributed by atoms with Crippen molar-refractivity contribution < 1.29 is 29.6 Å². The molecule has 0 aliphatic heterocycles. The molecule has 0 aliphatic carbocycles. The van der Waals surface area contributed by atoms with Crippen molar-refractivity contribution in [2.75, 3.05) is 7.11 Å². The second-order valence-corrected chi connectivity index (χ2v) is 20.2. The average Bonchev–Trinajstić information content (AvgIpc) is 4.04.